The largest absolute Gasteiger partial charge is 0.391 e. The Labute approximate surface area is 60.9 Å². The first-order chi connectivity index (χ1) is 4.77. The smallest absolute Gasteiger partial charge is 0.140 e. The fourth-order valence-electron chi connectivity index (χ4n) is 0.627. The maximum atomic E-state index is 12.5. The van der Waals surface area contributed by atoms with E-state index in [9.17, 15) is 8.78 Å². The van der Waals surface area contributed by atoms with E-state index in [1.54, 1.807) is 0 Å². The van der Waals surface area contributed by atoms with Crippen LogP contribution >= 0.6 is 11.3 Å². The van der Waals surface area contributed by atoms with Gasteiger partial charge in [-0.2, -0.15) is 0 Å². The van der Waals surface area contributed by atoms with E-state index in [1.807, 2.05) is 0 Å². The van der Waals surface area contributed by atoms with Crippen molar-refractivity contribution >= 4 is 11.3 Å². The predicted molar refractivity (Wildman–Crippen MR) is 35.0 cm³/mol. The molecule has 0 radical (unpaired) electrons. The van der Waals surface area contributed by atoms with Crippen LogP contribution in [0, 0.1) is 5.82 Å². The molecule has 0 saturated carbocycles. The van der Waals surface area contributed by atoms with Gasteiger partial charge in [-0.25, -0.2) is 8.78 Å². The minimum Gasteiger partial charge on any atom is -0.391 e. The summed E-state index contributed by atoms with van der Waals surface area (Å²) in [5.41, 5.74) is 0. The molecule has 56 valence electrons. The molecule has 0 aromatic carbocycles. The van der Waals surface area contributed by atoms with E-state index in [0.29, 0.717) is 4.88 Å². The molecule has 0 atom stereocenters. The molecule has 0 amide bonds. The molecule has 4 heteroatoms. The van der Waals surface area contributed by atoms with Gasteiger partial charge in [-0.05, 0) is 6.07 Å². The summed E-state index contributed by atoms with van der Waals surface area (Å²) in [7, 11) is 0. The minimum atomic E-state index is -0.795. The molecule has 0 saturated heterocycles. The molecule has 0 aliphatic heterocycles. The summed E-state index contributed by atoms with van der Waals surface area (Å²) in [5, 5.41) is 8.49. The van der Waals surface area contributed by atoms with Crippen molar-refractivity contribution in [1.82, 2.24) is 0 Å². The van der Waals surface area contributed by atoms with E-state index in [0.717, 1.165) is 17.4 Å². The maximum Gasteiger partial charge on any atom is 0.140 e. The van der Waals surface area contributed by atoms with Crippen molar-refractivity contribution in [3.05, 3.63) is 21.6 Å². The number of thiophene rings is 1. The topological polar surface area (TPSA) is 20.2 Å². The Kier molecular flexibility index (Phi) is 2.34. The first kappa shape index (κ1) is 7.63. The normalized spacial score (nSPS) is 10.3. The highest BCUT2D eigenvalue weighted by Crippen LogP contribution is 2.21. The van der Waals surface area contributed by atoms with Gasteiger partial charge < -0.3 is 5.11 Å². The maximum absolute atomic E-state index is 12.5. The molecule has 1 rings (SSSR count). The molecule has 1 N–H and O–H groups in total. The summed E-state index contributed by atoms with van der Waals surface area (Å²) in [4.78, 5) is 0.522. The number of hydrogen-bond donors (Lipinski definition) is 1. The second-order valence-electron chi connectivity index (χ2n) is 1.78. The Morgan fingerprint density at radius 2 is 2.30 bits per heavy atom. The molecule has 10 heavy (non-hydrogen) atoms. The molecular formula is C6H6F2OS. The van der Waals surface area contributed by atoms with E-state index >= 15 is 0 Å². The SMILES string of the molecule is OCc1cc(F)c(CF)s1. The Morgan fingerprint density at radius 1 is 1.60 bits per heavy atom. The van der Waals surface area contributed by atoms with Gasteiger partial charge in [-0.1, -0.05) is 0 Å². The Balaban J connectivity index is 2.92. The van der Waals surface area contributed by atoms with E-state index in [1.165, 1.54) is 0 Å². The molecule has 1 nitrogen and oxygen atoms in total. The summed E-state index contributed by atoms with van der Waals surface area (Å²) < 4.78 is 24.3. The predicted octanol–water partition coefficient (Wildman–Crippen LogP) is 1.85. The molecule has 1 aromatic rings. The number of rotatable bonds is 2. The average molecular weight is 164 g/mol. The van der Waals surface area contributed by atoms with Crippen LogP contribution in [0.5, 0.6) is 0 Å². The fourth-order valence-corrected chi connectivity index (χ4v) is 1.38. The summed E-state index contributed by atoms with van der Waals surface area (Å²) in [6.45, 7) is -1.02. The van der Waals surface area contributed by atoms with Crippen molar-refractivity contribution < 1.29 is 13.9 Å². The molecule has 1 heterocycles. The van der Waals surface area contributed by atoms with Gasteiger partial charge in [0.2, 0.25) is 0 Å². The van der Waals surface area contributed by atoms with Crippen molar-refractivity contribution in [2.75, 3.05) is 0 Å². The number of aliphatic hydroxyl groups excluding tert-OH is 1. The summed E-state index contributed by atoms with van der Waals surface area (Å²) >= 11 is 0.959. The zero-order valence-corrected chi connectivity index (χ0v) is 5.92. The number of hydrogen-bond acceptors (Lipinski definition) is 2. The quantitative estimate of drug-likeness (QED) is 0.707. The van der Waals surface area contributed by atoms with Gasteiger partial charge in [0.1, 0.15) is 12.5 Å². The molecule has 0 aliphatic carbocycles. The summed E-state index contributed by atoms with van der Waals surface area (Å²) in [6.07, 6.45) is 0. The van der Waals surface area contributed by atoms with Gasteiger partial charge in [0.15, 0.2) is 0 Å². The molecule has 0 fully saturated rings. The third-order valence-electron chi connectivity index (χ3n) is 1.09. The van der Waals surface area contributed by atoms with Gasteiger partial charge in [0.05, 0.1) is 11.5 Å². The Bertz CT molecular complexity index is 222. The number of halogens is 2. The van der Waals surface area contributed by atoms with Crippen LogP contribution in [0.3, 0.4) is 0 Å². The lowest BCUT2D eigenvalue weighted by Gasteiger charge is -1.82. The van der Waals surface area contributed by atoms with E-state index < -0.39 is 12.5 Å². The first-order valence-electron chi connectivity index (χ1n) is 2.72. The zero-order chi connectivity index (χ0) is 7.56. The second-order valence-corrected chi connectivity index (χ2v) is 3.00. The minimum absolute atomic E-state index is 0.0593. The van der Waals surface area contributed by atoms with Gasteiger partial charge in [0.25, 0.3) is 0 Å². The number of alkyl halides is 1. The monoisotopic (exact) mass is 164 g/mol. The highest BCUT2D eigenvalue weighted by Gasteiger charge is 2.06. The van der Waals surface area contributed by atoms with Crippen molar-refractivity contribution in [2.24, 2.45) is 0 Å². The van der Waals surface area contributed by atoms with Gasteiger partial charge in [0, 0.05) is 4.88 Å². The van der Waals surface area contributed by atoms with Crippen molar-refractivity contribution in [3.63, 3.8) is 0 Å². The van der Waals surface area contributed by atoms with Crippen LogP contribution in [0.2, 0.25) is 0 Å². The standard InChI is InChI=1S/C6H6F2OS/c7-2-6-5(8)1-4(3-9)10-6/h1,9H,2-3H2. The molecule has 1 aromatic heterocycles. The molecule has 0 spiro atoms. The average Bonchev–Trinajstić information content (AvgIpc) is 2.30. The highest BCUT2D eigenvalue weighted by atomic mass is 32.1. The molecular weight excluding hydrogens is 158 g/mol. The van der Waals surface area contributed by atoms with E-state index in [-0.39, 0.29) is 11.5 Å². The molecule has 0 unspecified atom stereocenters. The van der Waals surface area contributed by atoms with Gasteiger partial charge >= 0.3 is 0 Å². The first-order valence-corrected chi connectivity index (χ1v) is 3.53. The van der Waals surface area contributed by atoms with Crippen LogP contribution in [0.25, 0.3) is 0 Å². The fraction of sp³-hybridized carbons (Fsp3) is 0.333. The zero-order valence-electron chi connectivity index (χ0n) is 5.10. The van der Waals surface area contributed by atoms with Crippen molar-refractivity contribution in [3.8, 4) is 0 Å². The third kappa shape index (κ3) is 1.33. The lowest BCUT2D eigenvalue weighted by Crippen LogP contribution is -1.73. The summed E-state index contributed by atoms with van der Waals surface area (Å²) in [5.74, 6) is -0.559. The van der Waals surface area contributed by atoms with Crippen molar-refractivity contribution in [2.45, 2.75) is 13.3 Å². The summed E-state index contributed by atoms with van der Waals surface area (Å²) in [6, 6.07) is 1.15. The highest BCUT2D eigenvalue weighted by molar-refractivity contribution is 7.11. The van der Waals surface area contributed by atoms with Crippen LogP contribution in [0.15, 0.2) is 6.07 Å². The second kappa shape index (κ2) is 3.07. The molecule has 0 aliphatic rings. The molecule has 0 bridgehead atoms. The van der Waals surface area contributed by atoms with Crippen molar-refractivity contribution in [1.29, 1.82) is 0 Å². The lowest BCUT2D eigenvalue weighted by molar-refractivity contribution is 0.285. The lowest BCUT2D eigenvalue weighted by atomic mass is 10.4. The Morgan fingerprint density at radius 3 is 2.60 bits per heavy atom. The van der Waals surface area contributed by atoms with Crippen LogP contribution in [-0.2, 0) is 13.3 Å². The third-order valence-corrected chi connectivity index (χ3v) is 2.15. The van der Waals surface area contributed by atoms with Crippen LogP contribution < -0.4 is 0 Å². The van der Waals surface area contributed by atoms with E-state index in [4.69, 9.17) is 5.11 Å². The van der Waals surface area contributed by atoms with Gasteiger partial charge in [-0.3, -0.25) is 0 Å². The van der Waals surface area contributed by atoms with E-state index in [2.05, 4.69) is 0 Å². The van der Waals surface area contributed by atoms with Crippen LogP contribution in [0.1, 0.15) is 9.75 Å². The van der Waals surface area contributed by atoms with Crippen LogP contribution in [-0.4, -0.2) is 5.11 Å². The van der Waals surface area contributed by atoms with Gasteiger partial charge in [-0.15, -0.1) is 11.3 Å². The van der Waals surface area contributed by atoms with Crippen LogP contribution in [0.4, 0.5) is 8.78 Å². The number of aliphatic hydroxyl groups is 1. The Hall–Kier alpha value is -0.480.